The summed E-state index contributed by atoms with van der Waals surface area (Å²) in [6.07, 6.45) is 10.6. The molecule has 0 spiro atoms. The predicted octanol–water partition coefficient (Wildman–Crippen LogP) is 5.29. The summed E-state index contributed by atoms with van der Waals surface area (Å²) in [4.78, 5) is 32.4. The maximum absolute atomic E-state index is 13.2. The first-order valence-corrected chi connectivity index (χ1v) is 13.4. The standard InChI is InChI=1S/C26H31N3O2S2.H2/c1-15-19(3-2-10-27-15)13-20(32)11-17-6-9-22-21(12-17)23(25(31)28-14-16-4-5-16)26(33-22)29-24(30)18-7-8-18;/h2-3,10,16-18H,4-9,11-14H2,1H3,(H,28,31)(H,29,30);1H/t17-;/m1./s1. The molecule has 0 saturated heterocycles. The van der Waals surface area contributed by atoms with Crippen LogP contribution in [0.4, 0.5) is 5.00 Å². The number of rotatable bonds is 9. The second-order valence-corrected chi connectivity index (χ2v) is 11.6. The molecule has 0 aromatic carbocycles. The van der Waals surface area contributed by atoms with Crippen molar-refractivity contribution in [2.75, 3.05) is 11.9 Å². The molecule has 3 aliphatic rings. The van der Waals surface area contributed by atoms with Gasteiger partial charge in [0.2, 0.25) is 5.91 Å². The second-order valence-electron chi connectivity index (χ2n) is 9.90. The molecule has 0 radical (unpaired) electrons. The van der Waals surface area contributed by atoms with Crippen molar-refractivity contribution in [1.82, 2.24) is 10.3 Å². The fraction of sp³-hybridized carbons (Fsp3) is 0.538. The topological polar surface area (TPSA) is 71.1 Å². The van der Waals surface area contributed by atoms with Crippen molar-refractivity contribution in [1.29, 1.82) is 0 Å². The summed E-state index contributed by atoms with van der Waals surface area (Å²) in [5.74, 6) is 1.20. The molecule has 0 bridgehead atoms. The number of anilines is 1. The molecule has 2 aromatic heterocycles. The molecule has 5 nitrogen and oxygen atoms in total. The van der Waals surface area contributed by atoms with Crippen LogP contribution in [-0.4, -0.2) is 28.2 Å². The van der Waals surface area contributed by atoms with Crippen molar-refractivity contribution in [3.8, 4) is 0 Å². The molecular weight excluding hydrogens is 450 g/mol. The van der Waals surface area contributed by atoms with Crippen LogP contribution in [0.15, 0.2) is 18.3 Å². The number of aromatic nitrogens is 1. The first-order valence-electron chi connectivity index (χ1n) is 12.1. The van der Waals surface area contributed by atoms with E-state index in [-0.39, 0.29) is 19.2 Å². The third-order valence-corrected chi connectivity index (χ3v) is 8.56. The molecule has 7 heteroatoms. The minimum atomic E-state index is -0.0280. The van der Waals surface area contributed by atoms with E-state index in [1.54, 1.807) is 11.3 Å². The zero-order valence-electron chi connectivity index (χ0n) is 19.1. The lowest BCUT2D eigenvalue weighted by molar-refractivity contribution is -0.117. The number of carbonyl (C=O) groups is 2. The number of hydrogen-bond acceptors (Lipinski definition) is 5. The number of nitrogens with one attached hydrogen (secondary N) is 2. The van der Waals surface area contributed by atoms with Crippen LogP contribution in [0.2, 0.25) is 0 Å². The highest BCUT2D eigenvalue weighted by atomic mass is 32.1. The van der Waals surface area contributed by atoms with Gasteiger partial charge in [-0.2, -0.15) is 0 Å². The molecule has 5 rings (SSSR count). The molecule has 33 heavy (non-hydrogen) atoms. The van der Waals surface area contributed by atoms with Gasteiger partial charge in [0.25, 0.3) is 5.91 Å². The first kappa shape index (κ1) is 22.7. The minimum Gasteiger partial charge on any atom is -0.352 e. The van der Waals surface area contributed by atoms with Crippen molar-refractivity contribution in [3.05, 3.63) is 45.6 Å². The molecular formula is C26H33N3O2S2. The van der Waals surface area contributed by atoms with Gasteiger partial charge in [-0.05, 0) is 92.2 Å². The van der Waals surface area contributed by atoms with Gasteiger partial charge >= 0.3 is 0 Å². The van der Waals surface area contributed by atoms with Crippen LogP contribution in [0.25, 0.3) is 0 Å². The molecule has 0 aliphatic heterocycles. The minimum absolute atomic E-state index is 0. The Balaban J connectivity index is 0.00000274. The van der Waals surface area contributed by atoms with Gasteiger partial charge in [-0.25, -0.2) is 0 Å². The predicted molar refractivity (Wildman–Crippen MR) is 138 cm³/mol. The highest BCUT2D eigenvalue weighted by Crippen LogP contribution is 2.42. The highest BCUT2D eigenvalue weighted by molar-refractivity contribution is 7.80. The van der Waals surface area contributed by atoms with Gasteiger partial charge in [-0.1, -0.05) is 18.3 Å². The van der Waals surface area contributed by atoms with Crippen LogP contribution in [-0.2, 0) is 24.1 Å². The average Bonchev–Trinajstić information content (AvgIpc) is 3.70. The summed E-state index contributed by atoms with van der Waals surface area (Å²) >= 11 is 7.38. The number of aryl methyl sites for hydroxylation is 2. The van der Waals surface area contributed by atoms with E-state index in [1.165, 1.54) is 23.3 Å². The van der Waals surface area contributed by atoms with Gasteiger partial charge in [0.15, 0.2) is 0 Å². The van der Waals surface area contributed by atoms with Crippen LogP contribution in [0.5, 0.6) is 0 Å². The number of carbonyl (C=O) groups excluding carboxylic acids is 2. The Bertz CT molecular complexity index is 1090. The summed E-state index contributed by atoms with van der Waals surface area (Å²) < 4.78 is 0. The third-order valence-electron chi connectivity index (χ3n) is 7.04. The molecule has 2 saturated carbocycles. The average molecular weight is 484 g/mol. The Kier molecular flexibility index (Phi) is 6.61. The van der Waals surface area contributed by atoms with Crippen molar-refractivity contribution < 1.29 is 11.0 Å². The van der Waals surface area contributed by atoms with Crippen molar-refractivity contribution in [3.63, 3.8) is 0 Å². The van der Waals surface area contributed by atoms with Gasteiger partial charge in [-0.15, -0.1) is 11.3 Å². The molecule has 2 amide bonds. The van der Waals surface area contributed by atoms with Gasteiger partial charge in [-0.3, -0.25) is 14.6 Å². The Hall–Kier alpha value is -2.12. The molecule has 2 fully saturated rings. The molecule has 2 aromatic rings. The van der Waals surface area contributed by atoms with Crippen molar-refractivity contribution >= 4 is 45.2 Å². The van der Waals surface area contributed by atoms with Crippen LogP contribution >= 0.6 is 23.6 Å². The summed E-state index contributed by atoms with van der Waals surface area (Å²) in [7, 11) is 0. The number of thiophene rings is 1. The number of nitrogens with zero attached hydrogens (tertiary/aromatic N) is 1. The molecule has 3 aliphatic carbocycles. The van der Waals surface area contributed by atoms with Crippen LogP contribution < -0.4 is 10.6 Å². The normalized spacial score (nSPS) is 19.6. The van der Waals surface area contributed by atoms with Gasteiger partial charge in [0, 0.05) is 37.1 Å². The van der Waals surface area contributed by atoms with Gasteiger partial charge in [0.05, 0.1) is 5.56 Å². The first-order chi connectivity index (χ1) is 16.0. The zero-order valence-corrected chi connectivity index (χ0v) is 20.7. The molecule has 2 heterocycles. The van der Waals surface area contributed by atoms with Crippen molar-refractivity contribution in [2.24, 2.45) is 17.8 Å². The van der Waals surface area contributed by atoms with E-state index in [1.807, 2.05) is 19.2 Å². The van der Waals surface area contributed by atoms with E-state index in [2.05, 4.69) is 21.7 Å². The smallest absolute Gasteiger partial charge is 0.254 e. The lowest BCUT2D eigenvalue weighted by Gasteiger charge is -2.23. The fourth-order valence-corrected chi connectivity index (χ4v) is 6.31. The molecule has 2 N–H and O–H groups in total. The Labute approximate surface area is 206 Å². The number of fused-ring (bicyclic) bond motifs is 1. The number of pyridine rings is 1. The monoisotopic (exact) mass is 483 g/mol. The second kappa shape index (κ2) is 9.63. The lowest BCUT2D eigenvalue weighted by Crippen LogP contribution is -2.28. The van der Waals surface area contributed by atoms with Crippen LogP contribution in [0, 0.1) is 24.7 Å². The maximum atomic E-state index is 13.2. The Morgan fingerprint density at radius 3 is 2.76 bits per heavy atom. The van der Waals surface area contributed by atoms with Gasteiger partial charge in [0.1, 0.15) is 5.00 Å². The molecule has 0 unspecified atom stereocenters. The van der Waals surface area contributed by atoms with E-state index in [0.29, 0.717) is 17.4 Å². The zero-order chi connectivity index (χ0) is 22.9. The summed E-state index contributed by atoms with van der Waals surface area (Å²) in [6, 6.07) is 4.07. The summed E-state index contributed by atoms with van der Waals surface area (Å²) in [5, 5.41) is 6.98. The molecule has 1 atom stereocenters. The van der Waals surface area contributed by atoms with Crippen LogP contribution in [0.1, 0.15) is 72.0 Å². The quantitative estimate of drug-likeness (QED) is 0.475. The summed E-state index contributed by atoms with van der Waals surface area (Å²) in [6.45, 7) is 2.76. The SMILES string of the molecule is Cc1ncccc1CC(=S)C[C@H]1CCc2sc(NC(=O)C3CC3)c(C(=O)NCC3CC3)c2C1.[HH]. The van der Waals surface area contributed by atoms with Crippen molar-refractivity contribution in [2.45, 2.75) is 64.7 Å². The third kappa shape index (κ3) is 5.52. The van der Waals surface area contributed by atoms with E-state index in [9.17, 15) is 9.59 Å². The maximum Gasteiger partial charge on any atom is 0.254 e. The van der Waals surface area contributed by atoms with E-state index in [4.69, 9.17) is 12.2 Å². The van der Waals surface area contributed by atoms with E-state index >= 15 is 0 Å². The Morgan fingerprint density at radius 1 is 1.21 bits per heavy atom. The fourth-order valence-electron chi connectivity index (χ4n) is 4.68. The number of thiocarbonyl (C=S) groups is 1. The van der Waals surface area contributed by atoms with Gasteiger partial charge < -0.3 is 10.6 Å². The van der Waals surface area contributed by atoms with E-state index < -0.39 is 0 Å². The largest absolute Gasteiger partial charge is 0.352 e. The number of hydrogen-bond donors (Lipinski definition) is 2. The van der Waals surface area contributed by atoms with Crippen LogP contribution in [0.3, 0.4) is 0 Å². The molecule has 176 valence electrons. The number of amides is 2. The lowest BCUT2D eigenvalue weighted by atomic mass is 9.83. The highest BCUT2D eigenvalue weighted by Gasteiger charge is 2.34. The van der Waals surface area contributed by atoms with E-state index in [0.717, 1.165) is 72.6 Å². The Morgan fingerprint density at radius 2 is 2.03 bits per heavy atom. The summed E-state index contributed by atoms with van der Waals surface area (Å²) in [5.41, 5.74) is 4.08.